The van der Waals surface area contributed by atoms with Crippen LogP contribution in [0.1, 0.15) is 25.8 Å². The largest absolute Gasteiger partial charge is 0.493 e. The maximum absolute atomic E-state index is 12.4. The first-order chi connectivity index (χ1) is 10.5. The van der Waals surface area contributed by atoms with Crippen molar-refractivity contribution in [3.05, 3.63) is 23.8 Å². The highest BCUT2D eigenvalue weighted by molar-refractivity contribution is 7.86. The Morgan fingerprint density at radius 2 is 2.23 bits per heavy atom. The predicted octanol–water partition coefficient (Wildman–Crippen LogP) is 2.39. The number of carbonyl (C=O) groups excluding carboxylic acids is 1. The van der Waals surface area contributed by atoms with Crippen LogP contribution in [0.25, 0.3) is 0 Å². The molecule has 2 aliphatic heterocycles. The molecule has 1 aromatic rings. The maximum Gasteiger partial charge on any atom is 0.321 e. The van der Waals surface area contributed by atoms with Gasteiger partial charge in [0.15, 0.2) is 0 Å². The standard InChI is InChI=1S/C16H22N2O3S/c1-16(2)11-18(7-9-22(16)20)15(19)17-13-5-6-14-12(10-13)4-3-8-21-14/h5-6,10H,3-4,7-9,11H2,1-2H3,(H,17,19). The van der Waals surface area contributed by atoms with Crippen LogP contribution < -0.4 is 10.1 Å². The summed E-state index contributed by atoms with van der Waals surface area (Å²) in [5.74, 6) is 1.46. The quantitative estimate of drug-likeness (QED) is 0.863. The molecule has 0 aliphatic carbocycles. The molecule has 1 aromatic carbocycles. The molecule has 3 rings (SSSR count). The van der Waals surface area contributed by atoms with E-state index < -0.39 is 10.8 Å². The molecule has 1 atom stereocenters. The highest BCUT2D eigenvalue weighted by Crippen LogP contribution is 2.28. The van der Waals surface area contributed by atoms with Gasteiger partial charge < -0.3 is 15.0 Å². The first-order valence-corrected chi connectivity index (χ1v) is 8.98. The van der Waals surface area contributed by atoms with Gasteiger partial charge in [-0.05, 0) is 50.5 Å². The number of hydrogen-bond acceptors (Lipinski definition) is 3. The molecule has 0 spiro atoms. The lowest BCUT2D eigenvalue weighted by Gasteiger charge is -2.37. The van der Waals surface area contributed by atoms with Crippen molar-refractivity contribution in [2.24, 2.45) is 0 Å². The first kappa shape index (κ1) is 15.3. The molecule has 120 valence electrons. The summed E-state index contributed by atoms with van der Waals surface area (Å²) in [5, 5.41) is 2.95. The van der Waals surface area contributed by atoms with Gasteiger partial charge in [0.25, 0.3) is 0 Å². The molecule has 1 saturated heterocycles. The van der Waals surface area contributed by atoms with Crippen molar-refractivity contribution in [3.8, 4) is 5.75 Å². The number of rotatable bonds is 1. The number of anilines is 1. The van der Waals surface area contributed by atoms with Gasteiger partial charge in [0.2, 0.25) is 0 Å². The Kier molecular flexibility index (Phi) is 4.12. The maximum atomic E-state index is 12.4. The van der Waals surface area contributed by atoms with Crippen molar-refractivity contribution in [2.45, 2.75) is 31.4 Å². The number of fused-ring (bicyclic) bond motifs is 1. The summed E-state index contributed by atoms with van der Waals surface area (Å²) in [6.45, 7) is 5.70. The summed E-state index contributed by atoms with van der Waals surface area (Å²) in [6, 6.07) is 5.65. The van der Waals surface area contributed by atoms with Crippen molar-refractivity contribution in [3.63, 3.8) is 0 Å². The third-order valence-corrected chi connectivity index (χ3v) is 6.10. The lowest BCUT2D eigenvalue weighted by atomic mass is 10.1. The lowest BCUT2D eigenvalue weighted by Crippen LogP contribution is -2.53. The average Bonchev–Trinajstić information content (AvgIpc) is 2.49. The van der Waals surface area contributed by atoms with Gasteiger partial charge in [-0.15, -0.1) is 0 Å². The number of urea groups is 1. The van der Waals surface area contributed by atoms with Gasteiger partial charge in [0, 0.05) is 35.3 Å². The fourth-order valence-electron chi connectivity index (χ4n) is 2.89. The van der Waals surface area contributed by atoms with E-state index in [1.165, 1.54) is 0 Å². The van der Waals surface area contributed by atoms with Crippen molar-refractivity contribution >= 4 is 22.5 Å². The van der Waals surface area contributed by atoms with Crippen LogP contribution >= 0.6 is 0 Å². The monoisotopic (exact) mass is 322 g/mol. The number of nitrogens with zero attached hydrogens (tertiary/aromatic N) is 1. The summed E-state index contributed by atoms with van der Waals surface area (Å²) < 4.78 is 17.2. The fraction of sp³-hybridized carbons (Fsp3) is 0.562. The normalized spacial score (nSPS) is 23.4. The molecule has 22 heavy (non-hydrogen) atoms. The van der Waals surface area contributed by atoms with Gasteiger partial charge in [-0.3, -0.25) is 4.21 Å². The van der Waals surface area contributed by atoms with E-state index in [0.717, 1.165) is 36.4 Å². The Balaban J connectivity index is 1.68. The molecule has 1 unspecified atom stereocenters. The van der Waals surface area contributed by atoms with Crippen LogP contribution in [0.2, 0.25) is 0 Å². The van der Waals surface area contributed by atoms with Gasteiger partial charge >= 0.3 is 6.03 Å². The molecular formula is C16H22N2O3S. The molecule has 0 radical (unpaired) electrons. The Bertz CT molecular complexity index is 615. The van der Waals surface area contributed by atoms with Gasteiger partial charge in [-0.2, -0.15) is 0 Å². The number of amides is 2. The number of aryl methyl sites for hydroxylation is 1. The Hall–Kier alpha value is -1.56. The van der Waals surface area contributed by atoms with E-state index in [9.17, 15) is 9.00 Å². The van der Waals surface area contributed by atoms with Crippen LogP contribution in [-0.2, 0) is 17.2 Å². The zero-order chi connectivity index (χ0) is 15.7. The van der Waals surface area contributed by atoms with Crippen molar-refractivity contribution in [1.29, 1.82) is 0 Å². The average molecular weight is 322 g/mol. The van der Waals surface area contributed by atoms with E-state index in [-0.39, 0.29) is 10.8 Å². The van der Waals surface area contributed by atoms with E-state index in [2.05, 4.69) is 5.32 Å². The number of carbonyl (C=O) groups is 1. The van der Waals surface area contributed by atoms with E-state index in [1.54, 1.807) is 4.90 Å². The van der Waals surface area contributed by atoms with E-state index in [0.29, 0.717) is 18.8 Å². The second kappa shape index (κ2) is 5.91. The van der Waals surface area contributed by atoms with Crippen molar-refractivity contribution in [2.75, 3.05) is 30.8 Å². The second-order valence-corrected chi connectivity index (χ2v) is 8.64. The van der Waals surface area contributed by atoms with E-state index >= 15 is 0 Å². The SMILES string of the molecule is CC1(C)CN(C(=O)Nc2ccc3c(c2)CCCO3)CCS1=O. The van der Waals surface area contributed by atoms with Crippen LogP contribution in [0.5, 0.6) is 5.75 Å². The number of ether oxygens (including phenoxy) is 1. The fourth-order valence-corrected chi connectivity index (χ4v) is 4.13. The summed E-state index contributed by atoms with van der Waals surface area (Å²) in [4.78, 5) is 14.2. The van der Waals surface area contributed by atoms with Gasteiger partial charge in [-0.1, -0.05) is 0 Å². The first-order valence-electron chi connectivity index (χ1n) is 7.66. The van der Waals surface area contributed by atoms with Crippen LogP contribution in [0, 0.1) is 0 Å². The highest BCUT2D eigenvalue weighted by atomic mass is 32.2. The lowest BCUT2D eigenvalue weighted by molar-refractivity contribution is 0.207. The Morgan fingerprint density at radius 1 is 1.41 bits per heavy atom. The Morgan fingerprint density at radius 3 is 3.00 bits per heavy atom. The molecule has 0 bridgehead atoms. The Labute approximate surface area is 133 Å². The summed E-state index contributed by atoms with van der Waals surface area (Å²) >= 11 is 0. The smallest absolute Gasteiger partial charge is 0.321 e. The zero-order valence-electron chi connectivity index (χ0n) is 13.1. The highest BCUT2D eigenvalue weighted by Gasteiger charge is 2.35. The van der Waals surface area contributed by atoms with Crippen LogP contribution in [0.15, 0.2) is 18.2 Å². The molecule has 1 fully saturated rings. The van der Waals surface area contributed by atoms with Crippen LogP contribution in [0.4, 0.5) is 10.5 Å². The minimum absolute atomic E-state index is 0.124. The topological polar surface area (TPSA) is 58.6 Å². The van der Waals surface area contributed by atoms with E-state index in [4.69, 9.17) is 4.74 Å². The molecule has 2 heterocycles. The molecule has 2 amide bonds. The minimum Gasteiger partial charge on any atom is -0.493 e. The molecule has 2 aliphatic rings. The number of hydrogen-bond donors (Lipinski definition) is 1. The van der Waals surface area contributed by atoms with Crippen LogP contribution in [0.3, 0.4) is 0 Å². The van der Waals surface area contributed by atoms with E-state index in [1.807, 2.05) is 32.0 Å². The third kappa shape index (κ3) is 3.11. The van der Waals surface area contributed by atoms with Gasteiger partial charge in [-0.25, -0.2) is 4.79 Å². The third-order valence-electron chi connectivity index (χ3n) is 4.18. The molecule has 5 nitrogen and oxygen atoms in total. The molecule has 1 N–H and O–H groups in total. The number of nitrogens with one attached hydrogen (secondary N) is 1. The van der Waals surface area contributed by atoms with Crippen molar-refractivity contribution < 1.29 is 13.7 Å². The van der Waals surface area contributed by atoms with Gasteiger partial charge in [0.05, 0.1) is 11.4 Å². The molecule has 0 saturated carbocycles. The molecular weight excluding hydrogens is 300 g/mol. The predicted molar refractivity (Wildman–Crippen MR) is 87.9 cm³/mol. The molecule has 0 aromatic heterocycles. The van der Waals surface area contributed by atoms with Crippen molar-refractivity contribution in [1.82, 2.24) is 4.90 Å². The minimum atomic E-state index is -0.874. The number of benzene rings is 1. The zero-order valence-corrected chi connectivity index (χ0v) is 13.9. The summed E-state index contributed by atoms with van der Waals surface area (Å²) in [6.07, 6.45) is 1.99. The molecule has 6 heteroatoms. The summed E-state index contributed by atoms with van der Waals surface area (Å²) in [5.41, 5.74) is 1.93. The summed E-state index contributed by atoms with van der Waals surface area (Å²) in [7, 11) is -0.874. The van der Waals surface area contributed by atoms with Crippen LogP contribution in [-0.4, -0.2) is 45.3 Å². The second-order valence-electron chi connectivity index (χ2n) is 6.44. The van der Waals surface area contributed by atoms with Gasteiger partial charge in [0.1, 0.15) is 5.75 Å².